The SMILES string of the molecule is CC1OCCC1C(O)c1cnn(C)n1. The van der Waals surface area contributed by atoms with E-state index in [2.05, 4.69) is 10.2 Å². The van der Waals surface area contributed by atoms with Crippen molar-refractivity contribution >= 4 is 0 Å². The van der Waals surface area contributed by atoms with Crippen LogP contribution in [0.15, 0.2) is 6.20 Å². The normalized spacial score (nSPS) is 29.4. The molecule has 1 aliphatic heterocycles. The molecule has 0 radical (unpaired) electrons. The minimum absolute atomic E-state index is 0.104. The van der Waals surface area contributed by atoms with Gasteiger partial charge in [0.05, 0.1) is 12.3 Å². The summed E-state index contributed by atoms with van der Waals surface area (Å²) < 4.78 is 5.40. The Morgan fingerprint density at radius 1 is 1.71 bits per heavy atom. The molecule has 0 bridgehead atoms. The predicted molar refractivity (Wildman–Crippen MR) is 49.5 cm³/mol. The summed E-state index contributed by atoms with van der Waals surface area (Å²) in [5.74, 6) is 0.145. The fourth-order valence-corrected chi connectivity index (χ4v) is 1.88. The molecule has 3 atom stereocenters. The van der Waals surface area contributed by atoms with Crippen LogP contribution in [-0.4, -0.2) is 32.8 Å². The molecule has 5 nitrogen and oxygen atoms in total. The van der Waals surface area contributed by atoms with Crippen LogP contribution < -0.4 is 0 Å². The second-order valence-electron chi connectivity index (χ2n) is 3.73. The highest BCUT2D eigenvalue weighted by atomic mass is 16.5. The van der Waals surface area contributed by atoms with Gasteiger partial charge in [0.2, 0.25) is 0 Å². The lowest BCUT2D eigenvalue weighted by Gasteiger charge is -2.18. The van der Waals surface area contributed by atoms with Crippen molar-refractivity contribution in [3.8, 4) is 0 Å². The summed E-state index contributed by atoms with van der Waals surface area (Å²) in [6.07, 6.45) is 2.04. The van der Waals surface area contributed by atoms with E-state index in [1.165, 1.54) is 4.80 Å². The number of ether oxygens (including phenoxy) is 1. The topological polar surface area (TPSA) is 60.2 Å². The zero-order valence-electron chi connectivity index (χ0n) is 8.42. The van der Waals surface area contributed by atoms with Gasteiger partial charge in [-0.3, -0.25) is 0 Å². The number of aromatic nitrogens is 3. The van der Waals surface area contributed by atoms with Gasteiger partial charge in [0.25, 0.3) is 0 Å². The highest BCUT2D eigenvalue weighted by molar-refractivity contribution is 5.00. The second-order valence-corrected chi connectivity index (χ2v) is 3.73. The zero-order chi connectivity index (χ0) is 10.1. The van der Waals surface area contributed by atoms with E-state index in [4.69, 9.17) is 4.74 Å². The van der Waals surface area contributed by atoms with Crippen LogP contribution in [0.5, 0.6) is 0 Å². The lowest BCUT2D eigenvalue weighted by Crippen LogP contribution is -2.20. The first-order valence-electron chi connectivity index (χ1n) is 4.84. The van der Waals surface area contributed by atoms with E-state index in [0.29, 0.717) is 5.69 Å². The van der Waals surface area contributed by atoms with Crippen molar-refractivity contribution in [1.29, 1.82) is 0 Å². The van der Waals surface area contributed by atoms with Crippen LogP contribution in [0.4, 0.5) is 0 Å². The molecule has 2 rings (SSSR count). The first-order chi connectivity index (χ1) is 6.68. The summed E-state index contributed by atoms with van der Waals surface area (Å²) in [5.41, 5.74) is 0.634. The quantitative estimate of drug-likeness (QED) is 0.739. The molecular formula is C9H15N3O2. The maximum atomic E-state index is 10.0. The molecule has 1 fully saturated rings. The van der Waals surface area contributed by atoms with Crippen molar-refractivity contribution in [2.24, 2.45) is 13.0 Å². The van der Waals surface area contributed by atoms with Crippen molar-refractivity contribution in [3.63, 3.8) is 0 Å². The number of aryl methyl sites for hydroxylation is 1. The van der Waals surface area contributed by atoms with Crippen LogP contribution in [0.25, 0.3) is 0 Å². The van der Waals surface area contributed by atoms with Gasteiger partial charge in [0.15, 0.2) is 0 Å². The molecule has 0 aliphatic carbocycles. The van der Waals surface area contributed by atoms with E-state index in [-0.39, 0.29) is 12.0 Å². The second kappa shape index (κ2) is 3.67. The fraction of sp³-hybridized carbons (Fsp3) is 0.778. The smallest absolute Gasteiger partial charge is 0.112 e. The molecule has 78 valence electrons. The van der Waals surface area contributed by atoms with Gasteiger partial charge in [-0.15, -0.1) is 0 Å². The van der Waals surface area contributed by atoms with Gasteiger partial charge in [-0.25, -0.2) is 0 Å². The van der Waals surface area contributed by atoms with Gasteiger partial charge in [-0.1, -0.05) is 0 Å². The van der Waals surface area contributed by atoms with Gasteiger partial charge in [0, 0.05) is 19.6 Å². The number of nitrogens with zero attached hydrogens (tertiary/aromatic N) is 3. The van der Waals surface area contributed by atoms with Crippen LogP contribution in [0, 0.1) is 5.92 Å². The van der Waals surface area contributed by atoms with E-state index < -0.39 is 6.10 Å². The highest BCUT2D eigenvalue weighted by Crippen LogP contribution is 2.31. The van der Waals surface area contributed by atoms with Crippen molar-refractivity contribution in [2.45, 2.75) is 25.6 Å². The van der Waals surface area contributed by atoms with Crippen molar-refractivity contribution in [1.82, 2.24) is 15.0 Å². The third kappa shape index (κ3) is 1.65. The largest absolute Gasteiger partial charge is 0.386 e. The average Bonchev–Trinajstić information content (AvgIpc) is 2.73. The van der Waals surface area contributed by atoms with E-state index in [1.807, 2.05) is 6.92 Å². The number of rotatable bonds is 2. The summed E-state index contributed by atoms with van der Waals surface area (Å²) in [5, 5.41) is 18.0. The molecule has 2 heterocycles. The first-order valence-corrected chi connectivity index (χ1v) is 4.84. The Morgan fingerprint density at radius 2 is 2.50 bits per heavy atom. The van der Waals surface area contributed by atoms with Gasteiger partial charge in [-0.2, -0.15) is 15.0 Å². The third-order valence-corrected chi connectivity index (χ3v) is 2.76. The van der Waals surface area contributed by atoms with Crippen LogP contribution in [0.1, 0.15) is 25.1 Å². The highest BCUT2D eigenvalue weighted by Gasteiger charge is 2.32. The fourth-order valence-electron chi connectivity index (χ4n) is 1.88. The third-order valence-electron chi connectivity index (χ3n) is 2.76. The molecule has 1 aromatic rings. The van der Waals surface area contributed by atoms with E-state index in [9.17, 15) is 5.11 Å². The Kier molecular flexibility index (Phi) is 2.52. The molecule has 14 heavy (non-hydrogen) atoms. The Labute approximate surface area is 82.7 Å². The van der Waals surface area contributed by atoms with E-state index >= 15 is 0 Å². The minimum atomic E-state index is -0.554. The van der Waals surface area contributed by atoms with Crippen LogP contribution >= 0.6 is 0 Å². The summed E-state index contributed by atoms with van der Waals surface area (Å²) in [6, 6.07) is 0. The number of hydrogen-bond donors (Lipinski definition) is 1. The minimum Gasteiger partial charge on any atom is -0.386 e. The molecule has 0 amide bonds. The standard InChI is InChI=1S/C9H15N3O2/c1-6-7(3-4-14-6)9(13)8-5-10-12(2)11-8/h5-7,9,13H,3-4H2,1-2H3. The number of aliphatic hydroxyl groups is 1. The maximum absolute atomic E-state index is 10.0. The molecular weight excluding hydrogens is 182 g/mol. The van der Waals surface area contributed by atoms with Gasteiger partial charge >= 0.3 is 0 Å². The summed E-state index contributed by atoms with van der Waals surface area (Å²) in [6.45, 7) is 2.71. The van der Waals surface area contributed by atoms with E-state index in [0.717, 1.165) is 13.0 Å². The van der Waals surface area contributed by atoms with Crippen molar-refractivity contribution in [3.05, 3.63) is 11.9 Å². The van der Waals surface area contributed by atoms with Gasteiger partial charge < -0.3 is 9.84 Å². The molecule has 1 N–H and O–H groups in total. The summed E-state index contributed by atoms with van der Waals surface area (Å²) in [4.78, 5) is 1.46. The maximum Gasteiger partial charge on any atom is 0.112 e. The first kappa shape index (κ1) is 9.61. The molecule has 0 aromatic carbocycles. The van der Waals surface area contributed by atoms with E-state index in [1.54, 1.807) is 13.2 Å². The van der Waals surface area contributed by atoms with Crippen LogP contribution in [-0.2, 0) is 11.8 Å². The lowest BCUT2D eigenvalue weighted by molar-refractivity contribution is 0.0408. The molecule has 1 aromatic heterocycles. The summed E-state index contributed by atoms with van der Waals surface area (Å²) in [7, 11) is 1.74. The molecule has 1 saturated heterocycles. The molecule has 0 spiro atoms. The Bertz CT molecular complexity index is 313. The van der Waals surface area contributed by atoms with Crippen molar-refractivity contribution in [2.75, 3.05) is 6.61 Å². The Morgan fingerprint density at radius 3 is 3.00 bits per heavy atom. The molecule has 5 heteroatoms. The van der Waals surface area contributed by atoms with Crippen LogP contribution in [0.3, 0.4) is 0 Å². The Hall–Kier alpha value is -0.940. The number of hydrogen-bond acceptors (Lipinski definition) is 4. The lowest BCUT2D eigenvalue weighted by atomic mass is 9.94. The summed E-state index contributed by atoms with van der Waals surface area (Å²) >= 11 is 0. The zero-order valence-corrected chi connectivity index (χ0v) is 8.42. The van der Waals surface area contributed by atoms with Crippen LogP contribution in [0.2, 0.25) is 0 Å². The van der Waals surface area contributed by atoms with Crippen molar-refractivity contribution < 1.29 is 9.84 Å². The average molecular weight is 197 g/mol. The monoisotopic (exact) mass is 197 g/mol. The molecule has 0 saturated carbocycles. The number of aliphatic hydroxyl groups excluding tert-OH is 1. The van der Waals surface area contributed by atoms with Gasteiger partial charge in [0.1, 0.15) is 11.8 Å². The van der Waals surface area contributed by atoms with Gasteiger partial charge in [-0.05, 0) is 13.3 Å². The molecule has 1 aliphatic rings. The predicted octanol–water partition coefficient (Wildman–Crippen LogP) is 0.274. The Balaban J connectivity index is 2.11. The molecule has 3 unspecified atom stereocenters.